The van der Waals surface area contributed by atoms with Crippen LogP contribution in [0, 0.1) is 3.57 Å². The summed E-state index contributed by atoms with van der Waals surface area (Å²) in [5, 5.41) is 8.25. The summed E-state index contributed by atoms with van der Waals surface area (Å²) in [7, 11) is 0. The molecule has 0 aromatic heterocycles. The molecule has 4 heteroatoms. The third-order valence-electron chi connectivity index (χ3n) is 3.36. The molecule has 0 aliphatic carbocycles. The van der Waals surface area contributed by atoms with Crippen molar-refractivity contribution in [2.45, 2.75) is 0 Å². The zero-order chi connectivity index (χ0) is 15.4. The fraction of sp³-hybridized carbons (Fsp3) is 0.0556. The van der Waals surface area contributed by atoms with Crippen molar-refractivity contribution in [2.24, 2.45) is 0 Å². The molecule has 3 rings (SSSR count). The van der Waals surface area contributed by atoms with E-state index in [9.17, 15) is 4.79 Å². The summed E-state index contributed by atoms with van der Waals surface area (Å²) in [6, 6.07) is 21.9. The number of amides is 1. The molecule has 0 unspecified atom stereocenters. The van der Waals surface area contributed by atoms with E-state index >= 15 is 0 Å². The molecule has 0 heterocycles. The lowest BCUT2D eigenvalue weighted by Crippen LogP contribution is -2.21. The van der Waals surface area contributed by atoms with Gasteiger partial charge in [0.15, 0.2) is 0 Å². The van der Waals surface area contributed by atoms with Gasteiger partial charge in [-0.05, 0) is 58.3 Å². The van der Waals surface area contributed by atoms with E-state index in [2.05, 4.69) is 33.2 Å². The number of hydrogen-bond donors (Lipinski definition) is 2. The van der Waals surface area contributed by atoms with Crippen LogP contribution in [0.5, 0.6) is 0 Å². The molecule has 22 heavy (non-hydrogen) atoms. The molecule has 2 N–H and O–H groups in total. The van der Waals surface area contributed by atoms with Crippen LogP contribution in [0.4, 0.5) is 11.4 Å². The summed E-state index contributed by atoms with van der Waals surface area (Å²) in [6.45, 7) is 0.240. The highest BCUT2D eigenvalue weighted by Gasteiger charge is 2.05. The number of carbonyl (C=O) groups excluding carboxylic acids is 1. The van der Waals surface area contributed by atoms with E-state index in [1.54, 1.807) is 0 Å². The minimum Gasteiger partial charge on any atom is -0.376 e. The number of benzene rings is 3. The van der Waals surface area contributed by atoms with Gasteiger partial charge in [0.2, 0.25) is 5.91 Å². The molecule has 0 bridgehead atoms. The van der Waals surface area contributed by atoms with Crippen molar-refractivity contribution < 1.29 is 4.79 Å². The summed E-state index contributed by atoms with van der Waals surface area (Å²) in [6.07, 6.45) is 0. The van der Waals surface area contributed by atoms with Crippen molar-refractivity contribution in [2.75, 3.05) is 17.2 Å². The summed E-state index contributed by atoms with van der Waals surface area (Å²) in [5.41, 5.74) is 1.78. The molecule has 0 spiro atoms. The number of carbonyl (C=O) groups is 1. The minimum atomic E-state index is -0.0603. The third kappa shape index (κ3) is 3.57. The summed E-state index contributed by atoms with van der Waals surface area (Å²) >= 11 is 2.25. The SMILES string of the molecule is O=C(CNc1ccc(I)cc1)Nc1cccc2ccccc12. The largest absolute Gasteiger partial charge is 0.376 e. The standard InChI is InChI=1S/C18H15IN2O/c19-14-8-10-15(11-9-14)20-12-18(22)21-17-7-3-5-13-4-1-2-6-16(13)17/h1-11,20H,12H2,(H,21,22). The molecule has 0 radical (unpaired) electrons. The van der Waals surface area contributed by atoms with Crippen LogP contribution in [0.2, 0.25) is 0 Å². The molecular weight excluding hydrogens is 387 g/mol. The summed E-state index contributed by atoms with van der Waals surface area (Å²) in [5.74, 6) is -0.0603. The van der Waals surface area contributed by atoms with Crippen molar-refractivity contribution in [1.29, 1.82) is 0 Å². The Balaban J connectivity index is 1.67. The Morgan fingerprint density at radius 2 is 1.64 bits per heavy atom. The highest BCUT2D eigenvalue weighted by molar-refractivity contribution is 14.1. The predicted molar refractivity (Wildman–Crippen MR) is 100 cm³/mol. The van der Waals surface area contributed by atoms with Crippen LogP contribution in [0.15, 0.2) is 66.7 Å². The van der Waals surface area contributed by atoms with Crippen molar-refractivity contribution in [1.82, 2.24) is 0 Å². The number of halogens is 1. The van der Waals surface area contributed by atoms with E-state index in [0.29, 0.717) is 0 Å². The normalized spacial score (nSPS) is 10.4. The highest BCUT2D eigenvalue weighted by Crippen LogP contribution is 2.22. The monoisotopic (exact) mass is 402 g/mol. The van der Waals surface area contributed by atoms with E-state index < -0.39 is 0 Å². The van der Waals surface area contributed by atoms with Crippen molar-refractivity contribution in [3.63, 3.8) is 0 Å². The molecule has 3 aromatic rings. The van der Waals surface area contributed by atoms with Crippen molar-refractivity contribution in [3.8, 4) is 0 Å². The molecule has 0 saturated heterocycles. The number of rotatable bonds is 4. The Morgan fingerprint density at radius 3 is 2.45 bits per heavy atom. The predicted octanol–water partition coefficient (Wildman–Crippen LogP) is 4.50. The Kier molecular flexibility index (Phi) is 4.58. The van der Waals surface area contributed by atoms with Crippen LogP contribution in [0.1, 0.15) is 0 Å². The molecule has 0 aliphatic rings. The second-order valence-corrected chi connectivity index (χ2v) is 6.18. The Hall–Kier alpha value is -2.08. The summed E-state index contributed by atoms with van der Waals surface area (Å²) < 4.78 is 1.17. The zero-order valence-corrected chi connectivity index (χ0v) is 14.0. The Morgan fingerprint density at radius 1 is 0.909 bits per heavy atom. The quantitative estimate of drug-likeness (QED) is 0.632. The average Bonchev–Trinajstić information content (AvgIpc) is 2.55. The molecule has 1 amide bonds. The van der Waals surface area contributed by atoms with Gasteiger partial charge in [0.25, 0.3) is 0 Å². The molecule has 110 valence electrons. The molecule has 0 atom stereocenters. The van der Waals surface area contributed by atoms with Gasteiger partial charge < -0.3 is 10.6 Å². The van der Waals surface area contributed by atoms with Crippen LogP contribution < -0.4 is 10.6 Å². The first kappa shape index (κ1) is 14.8. The first-order valence-corrected chi connectivity index (χ1v) is 8.07. The Bertz CT molecular complexity index is 794. The van der Waals surface area contributed by atoms with Gasteiger partial charge in [0.1, 0.15) is 0 Å². The van der Waals surface area contributed by atoms with Gasteiger partial charge in [0, 0.05) is 20.3 Å². The molecule has 0 fully saturated rings. The van der Waals surface area contributed by atoms with Crippen LogP contribution in [-0.4, -0.2) is 12.5 Å². The van der Waals surface area contributed by atoms with Gasteiger partial charge in [-0.25, -0.2) is 0 Å². The lowest BCUT2D eigenvalue weighted by molar-refractivity contribution is -0.114. The number of hydrogen-bond acceptors (Lipinski definition) is 2. The third-order valence-corrected chi connectivity index (χ3v) is 4.08. The second-order valence-electron chi connectivity index (χ2n) is 4.94. The maximum Gasteiger partial charge on any atom is 0.243 e. The Labute approximate surface area is 142 Å². The van der Waals surface area contributed by atoms with Gasteiger partial charge in [-0.2, -0.15) is 0 Å². The first-order valence-electron chi connectivity index (χ1n) is 6.99. The average molecular weight is 402 g/mol. The van der Waals surface area contributed by atoms with Gasteiger partial charge >= 0.3 is 0 Å². The van der Waals surface area contributed by atoms with Crippen molar-refractivity contribution in [3.05, 3.63) is 70.3 Å². The van der Waals surface area contributed by atoms with E-state index in [-0.39, 0.29) is 12.5 Å². The second kappa shape index (κ2) is 6.79. The summed E-state index contributed by atoms with van der Waals surface area (Å²) in [4.78, 5) is 12.1. The minimum absolute atomic E-state index is 0.0603. The van der Waals surface area contributed by atoms with Gasteiger partial charge in [-0.1, -0.05) is 36.4 Å². The van der Waals surface area contributed by atoms with Gasteiger partial charge in [0.05, 0.1) is 6.54 Å². The van der Waals surface area contributed by atoms with Gasteiger partial charge in [-0.3, -0.25) is 4.79 Å². The van der Waals surface area contributed by atoms with E-state index in [1.165, 1.54) is 3.57 Å². The molecule has 3 nitrogen and oxygen atoms in total. The molecule has 0 aliphatic heterocycles. The van der Waals surface area contributed by atoms with E-state index in [1.807, 2.05) is 66.7 Å². The lowest BCUT2D eigenvalue weighted by Gasteiger charge is -2.10. The van der Waals surface area contributed by atoms with Crippen LogP contribution >= 0.6 is 22.6 Å². The number of fused-ring (bicyclic) bond motifs is 1. The lowest BCUT2D eigenvalue weighted by atomic mass is 10.1. The molecular formula is C18H15IN2O. The van der Waals surface area contributed by atoms with Crippen LogP contribution in [0.25, 0.3) is 10.8 Å². The first-order chi connectivity index (χ1) is 10.7. The maximum atomic E-state index is 12.1. The smallest absolute Gasteiger partial charge is 0.243 e. The van der Waals surface area contributed by atoms with E-state index in [4.69, 9.17) is 0 Å². The number of nitrogens with one attached hydrogen (secondary N) is 2. The molecule has 0 saturated carbocycles. The van der Waals surface area contributed by atoms with Crippen LogP contribution in [-0.2, 0) is 4.79 Å². The van der Waals surface area contributed by atoms with Gasteiger partial charge in [-0.15, -0.1) is 0 Å². The fourth-order valence-electron chi connectivity index (χ4n) is 2.28. The topological polar surface area (TPSA) is 41.1 Å². The highest BCUT2D eigenvalue weighted by atomic mass is 127. The number of anilines is 2. The molecule has 3 aromatic carbocycles. The fourth-order valence-corrected chi connectivity index (χ4v) is 2.64. The van der Waals surface area contributed by atoms with E-state index in [0.717, 1.165) is 22.1 Å². The zero-order valence-electron chi connectivity index (χ0n) is 11.8. The van der Waals surface area contributed by atoms with Crippen LogP contribution in [0.3, 0.4) is 0 Å². The van der Waals surface area contributed by atoms with Crippen molar-refractivity contribution >= 4 is 50.6 Å². The maximum absolute atomic E-state index is 12.1.